The highest BCUT2D eigenvalue weighted by molar-refractivity contribution is 5.65. The predicted molar refractivity (Wildman–Crippen MR) is 91.1 cm³/mol. The minimum Gasteiger partial charge on any atom is -0.493 e. The standard InChI is InChI=1S/C19H19F3O5/c1-4-25-15-6-5-7-16(27-19(23)24-3)13(15)10-26-17-9-14(20)11(2)8-12(17)18(21)22/h5-9,18H,4,10H2,1-3H3. The summed E-state index contributed by atoms with van der Waals surface area (Å²) in [4.78, 5) is 11.4. The van der Waals surface area contributed by atoms with Gasteiger partial charge < -0.3 is 18.9 Å². The fraction of sp³-hybridized carbons (Fsp3) is 0.316. The Morgan fingerprint density at radius 2 is 1.81 bits per heavy atom. The van der Waals surface area contributed by atoms with Crippen LogP contribution in [0.4, 0.5) is 18.0 Å². The molecule has 8 heteroatoms. The molecule has 0 spiro atoms. The van der Waals surface area contributed by atoms with Gasteiger partial charge in [0.2, 0.25) is 0 Å². The van der Waals surface area contributed by atoms with Gasteiger partial charge in [-0.1, -0.05) is 6.07 Å². The van der Waals surface area contributed by atoms with Crippen LogP contribution in [0, 0.1) is 12.7 Å². The Morgan fingerprint density at radius 3 is 2.44 bits per heavy atom. The van der Waals surface area contributed by atoms with Crippen LogP contribution in [0.3, 0.4) is 0 Å². The average Bonchev–Trinajstić information content (AvgIpc) is 2.63. The number of rotatable bonds is 7. The Morgan fingerprint density at radius 1 is 1.11 bits per heavy atom. The van der Waals surface area contributed by atoms with Gasteiger partial charge in [0, 0.05) is 6.07 Å². The van der Waals surface area contributed by atoms with Crippen LogP contribution in [-0.4, -0.2) is 19.9 Å². The number of ether oxygens (including phenoxy) is 4. The maximum Gasteiger partial charge on any atom is 0.513 e. The number of hydrogen-bond acceptors (Lipinski definition) is 5. The largest absolute Gasteiger partial charge is 0.513 e. The Bertz CT molecular complexity index is 808. The molecule has 0 amide bonds. The summed E-state index contributed by atoms with van der Waals surface area (Å²) < 4.78 is 60.7. The van der Waals surface area contributed by atoms with Crippen molar-refractivity contribution in [1.82, 2.24) is 0 Å². The van der Waals surface area contributed by atoms with E-state index >= 15 is 0 Å². The Kier molecular flexibility index (Phi) is 6.92. The summed E-state index contributed by atoms with van der Waals surface area (Å²) in [7, 11) is 1.15. The van der Waals surface area contributed by atoms with Gasteiger partial charge in [-0.3, -0.25) is 0 Å². The van der Waals surface area contributed by atoms with Gasteiger partial charge in [0.05, 0.1) is 24.8 Å². The van der Waals surface area contributed by atoms with Crippen LogP contribution < -0.4 is 14.2 Å². The zero-order valence-electron chi connectivity index (χ0n) is 15.1. The lowest BCUT2D eigenvalue weighted by atomic mass is 10.1. The van der Waals surface area contributed by atoms with Gasteiger partial charge in [-0.15, -0.1) is 0 Å². The summed E-state index contributed by atoms with van der Waals surface area (Å²) in [5, 5.41) is 0. The zero-order valence-corrected chi connectivity index (χ0v) is 15.1. The Labute approximate surface area is 154 Å². The summed E-state index contributed by atoms with van der Waals surface area (Å²) in [5.74, 6) is -0.550. The lowest BCUT2D eigenvalue weighted by molar-refractivity contribution is 0.120. The molecule has 2 aromatic carbocycles. The lowest BCUT2D eigenvalue weighted by Gasteiger charge is -2.17. The van der Waals surface area contributed by atoms with Gasteiger partial charge in [-0.2, -0.15) is 0 Å². The van der Waals surface area contributed by atoms with E-state index in [1.54, 1.807) is 19.1 Å². The van der Waals surface area contributed by atoms with E-state index in [2.05, 4.69) is 4.74 Å². The third kappa shape index (κ3) is 5.06. The van der Waals surface area contributed by atoms with Crippen molar-refractivity contribution >= 4 is 6.16 Å². The van der Waals surface area contributed by atoms with Crippen molar-refractivity contribution < 1.29 is 36.9 Å². The molecule has 0 fully saturated rings. The van der Waals surface area contributed by atoms with Crippen molar-refractivity contribution in [1.29, 1.82) is 0 Å². The molecule has 0 bridgehead atoms. The summed E-state index contributed by atoms with van der Waals surface area (Å²) in [5.41, 5.74) is -0.0498. The number of hydrogen-bond donors (Lipinski definition) is 0. The summed E-state index contributed by atoms with van der Waals surface area (Å²) in [6.45, 7) is 3.17. The third-order valence-electron chi connectivity index (χ3n) is 3.65. The number of carbonyl (C=O) groups excluding carboxylic acids is 1. The molecule has 0 N–H and O–H groups in total. The monoisotopic (exact) mass is 384 g/mol. The van der Waals surface area contributed by atoms with E-state index in [0.29, 0.717) is 17.9 Å². The smallest absolute Gasteiger partial charge is 0.493 e. The highest BCUT2D eigenvalue weighted by atomic mass is 19.3. The molecule has 0 aliphatic carbocycles. The molecule has 0 aromatic heterocycles. The van der Waals surface area contributed by atoms with Crippen molar-refractivity contribution in [2.75, 3.05) is 13.7 Å². The first-order valence-corrected chi connectivity index (χ1v) is 8.08. The van der Waals surface area contributed by atoms with Crippen LogP contribution >= 0.6 is 0 Å². The Hall–Kier alpha value is -2.90. The van der Waals surface area contributed by atoms with Crippen molar-refractivity contribution in [3.05, 3.63) is 52.8 Å². The number of aryl methyl sites for hydroxylation is 1. The van der Waals surface area contributed by atoms with Crippen molar-refractivity contribution in [2.24, 2.45) is 0 Å². The molecule has 5 nitrogen and oxygen atoms in total. The topological polar surface area (TPSA) is 54.0 Å². The molecule has 2 rings (SSSR count). The van der Waals surface area contributed by atoms with Gasteiger partial charge in [0.25, 0.3) is 6.43 Å². The van der Waals surface area contributed by atoms with Crippen LogP contribution in [0.1, 0.15) is 30.0 Å². The summed E-state index contributed by atoms with van der Waals surface area (Å²) in [6.07, 6.45) is -3.80. The number of carbonyl (C=O) groups is 1. The second kappa shape index (κ2) is 9.16. The lowest BCUT2D eigenvalue weighted by Crippen LogP contribution is -2.11. The summed E-state index contributed by atoms with van der Waals surface area (Å²) >= 11 is 0. The summed E-state index contributed by atoms with van der Waals surface area (Å²) in [6, 6.07) is 6.61. The normalized spacial score (nSPS) is 10.6. The predicted octanol–water partition coefficient (Wildman–Crippen LogP) is 5.19. The van der Waals surface area contributed by atoms with E-state index < -0.39 is 24.0 Å². The maximum absolute atomic E-state index is 13.8. The van der Waals surface area contributed by atoms with E-state index in [4.69, 9.17) is 14.2 Å². The SMILES string of the molecule is CCOc1cccc(OC(=O)OC)c1COc1cc(F)c(C)cc1C(F)F. The van der Waals surface area contributed by atoms with E-state index in [9.17, 15) is 18.0 Å². The molecule has 0 radical (unpaired) electrons. The number of benzene rings is 2. The molecule has 2 aromatic rings. The second-order valence-electron chi connectivity index (χ2n) is 5.45. The minimum atomic E-state index is -2.84. The number of alkyl halides is 2. The number of methoxy groups -OCH3 is 1. The molecule has 0 unspecified atom stereocenters. The van der Waals surface area contributed by atoms with Crippen molar-refractivity contribution in [3.63, 3.8) is 0 Å². The molecule has 0 saturated carbocycles. The van der Waals surface area contributed by atoms with Gasteiger partial charge in [-0.05, 0) is 37.6 Å². The van der Waals surface area contributed by atoms with Gasteiger partial charge in [-0.25, -0.2) is 18.0 Å². The first kappa shape index (κ1) is 20.4. The molecule has 0 saturated heterocycles. The van der Waals surface area contributed by atoms with E-state index in [0.717, 1.165) is 19.2 Å². The third-order valence-corrected chi connectivity index (χ3v) is 3.65. The second-order valence-corrected chi connectivity index (χ2v) is 5.45. The molecular formula is C19H19F3O5. The average molecular weight is 384 g/mol. The molecule has 0 atom stereocenters. The fourth-order valence-corrected chi connectivity index (χ4v) is 2.34. The van der Waals surface area contributed by atoms with E-state index in [1.807, 2.05) is 0 Å². The molecule has 0 aliphatic rings. The van der Waals surface area contributed by atoms with Gasteiger partial charge in [0.15, 0.2) is 0 Å². The van der Waals surface area contributed by atoms with Crippen LogP contribution in [0.15, 0.2) is 30.3 Å². The van der Waals surface area contributed by atoms with Crippen LogP contribution in [0.25, 0.3) is 0 Å². The maximum atomic E-state index is 13.8. The fourth-order valence-electron chi connectivity index (χ4n) is 2.34. The first-order valence-electron chi connectivity index (χ1n) is 8.08. The highest BCUT2D eigenvalue weighted by Gasteiger charge is 2.20. The van der Waals surface area contributed by atoms with E-state index in [1.165, 1.54) is 13.0 Å². The van der Waals surface area contributed by atoms with E-state index in [-0.39, 0.29) is 23.7 Å². The zero-order chi connectivity index (χ0) is 20.0. The number of halogens is 3. The van der Waals surface area contributed by atoms with Crippen LogP contribution in [-0.2, 0) is 11.3 Å². The van der Waals surface area contributed by atoms with Crippen molar-refractivity contribution in [2.45, 2.75) is 26.9 Å². The van der Waals surface area contributed by atoms with Gasteiger partial charge in [0.1, 0.15) is 29.7 Å². The van der Waals surface area contributed by atoms with Gasteiger partial charge >= 0.3 is 6.16 Å². The molecule has 0 heterocycles. The van der Waals surface area contributed by atoms with Crippen LogP contribution in [0.2, 0.25) is 0 Å². The van der Waals surface area contributed by atoms with Crippen LogP contribution in [0.5, 0.6) is 17.2 Å². The molecule has 0 aliphatic heterocycles. The molecule has 27 heavy (non-hydrogen) atoms. The minimum absolute atomic E-state index is 0.0824. The van der Waals surface area contributed by atoms with Crippen molar-refractivity contribution in [3.8, 4) is 17.2 Å². The highest BCUT2D eigenvalue weighted by Crippen LogP contribution is 2.34. The quantitative estimate of drug-likeness (QED) is 0.485. The first-order chi connectivity index (χ1) is 12.9. The molecular weight excluding hydrogens is 365 g/mol. The Balaban J connectivity index is 2.36. The molecule has 146 valence electrons.